The summed E-state index contributed by atoms with van der Waals surface area (Å²) >= 11 is 6.56. The van der Waals surface area contributed by atoms with Gasteiger partial charge in [-0.1, -0.05) is 31.2 Å². The van der Waals surface area contributed by atoms with Gasteiger partial charge in [0.1, 0.15) is 18.7 Å². The number of hydrogen-bond donors (Lipinski definition) is 0. The molecule has 0 aromatic carbocycles. The lowest BCUT2D eigenvalue weighted by Crippen LogP contribution is -2.22. The van der Waals surface area contributed by atoms with Crippen LogP contribution in [0.5, 0.6) is 0 Å². The standard InChI is InChI=1S/C17H21ClN4OSi/c1-24(2,3)9-8-23-12-22-7-5-13-16(18)14(10-20-17(13)22)15-4-6-19-11-21-15/h4-7,10-11H,8-9,12H2,1-3H3. The van der Waals surface area contributed by atoms with Gasteiger partial charge in [0.05, 0.1) is 10.7 Å². The Morgan fingerprint density at radius 1 is 1.21 bits per heavy atom. The average Bonchev–Trinajstić information content (AvgIpc) is 2.96. The highest BCUT2D eigenvalue weighted by Crippen LogP contribution is 2.32. The summed E-state index contributed by atoms with van der Waals surface area (Å²) in [6.45, 7) is 8.30. The maximum Gasteiger partial charge on any atom is 0.143 e. The molecule has 126 valence electrons. The number of fused-ring (bicyclic) bond motifs is 1. The molecule has 3 aromatic heterocycles. The fraction of sp³-hybridized carbons (Fsp3) is 0.353. The van der Waals surface area contributed by atoms with Crippen LogP contribution in [0.1, 0.15) is 0 Å². The molecule has 0 N–H and O–H groups in total. The zero-order valence-electron chi connectivity index (χ0n) is 14.2. The molecule has 3 rings (SSSR count). The highest BCUT2D eigenvalue weighted by molar-refractivity contribution is 6.76. The maximum atomic E-state index is 6.56. The van der Waals surface area contributed by atoms with Crippen molar-refractivity contribution in [2.24, 2.45) is 0 Å². The van der Waals surface area contributed by atoms with Crippen LogP contribution in [0.15, 0.2) is 37.1 Å². The third-order valence-corrected chi connectivity index (χ3v) is 5.92. The number of pyridine rings is 1. The van der Waals surface area contributed by atoms with Gasteiger partial charge >= 0.3 is 0 Å². The smallest absolute Gasteiger partial charge is 0.143 e. The molecule has 0 aliphatic carbocycles. The van der Waals surface area contributed by atoms with Crippen LogP contribution in [-0.4, -0.2) is 34.2 Å². The molecule has 0 bridgehead atoms. The molecule has 3 aromatic rings. The van der Waals surface area contributed by atoms with E-state index in [1.807, 2.05) is 22.9 Å². The van der Waals surface area contributed by atoms with Gasteiger partial charge in [-0.05, 0) is 18.2 Å². The zero-order valence-corrected chi connectivity index (χ0v) is 15.9. The lowest BCUT2D eigenvalue weighted by molar-refractivity contribution is 0.0899. The largest absolute Gasteiger partial charge is 0.361 e. The third-order valence-electron chi connectivity index (χ3n) is 3.81. The predicted octanol–water partition coefficient (Wildman–Crippen LogP) is 4.46. The summed E-state index contributed by atoms with van der Waals surface area (Å²) in [7, 11) is -1.07. The minimum Gasteiger partial charge on any atom is -0.361 e. The summed E-state index contributed by atoms with van der Waals surface area (Å²) in [5.41, 5.74) is 2.40. The van der Waals surface area contributed by atoms with Crippen LogP contribution in [0.4, 0.5) is 0 Å². The van der Waals surface area contributed by atoms with Crippen LogP contribution in [0, 0.1) is 0 Å². The van der Waals surface area contributed by atoms with Crippen molar-refractivity contribution in [2.45, 2.75) is 32.4 Å². The minimum absolute atomic E-state index is 0.490. The number of nitrogens with zero attached hydrogens (tertiary/aromatic N) is 4. The zero-order chi connectivity index (χ0) is 17.2. The van der Waals surface area contributed by atoms with Crippen molar-refractivity contribution in [3.8, 4) is 11.3 Å². The molecule has 3 heterocycles. The molecule has 24 heavy (non-hydrogen) atoms. The van der Waals surface area contributed by atoms with Gasteiger partial charge in [0, 0.05) is 44.2 Å². The Morgan fingerprint density at radius 3 is 2.75 bits per heavy atom. The van der Waals surface area contributed by atoms with Gasteiger partial charge in [0.2, 0.25) is 0 Å². The van der Waals surface area contributed by atoms with E-state index in [1.54, 1.807) is 12.4 Å². The van der Waals surface area contributed by atoms with E-state index in [4.69, 9.17) is 16.3 Å². The maximum absolute atomic E-state index is 6.56. The first-order valence-corrected chi connectivity index (χ1v) is 12.0. The predicted molar refractivity (Wildman–Crippen MR) is 99.9 cm³/mol. The van der Waals surface area contributed by atoms with Gasteiger partial charge < -0.3 is 9.30 Å². The van der Waals surface area contributed by atoms with Gasteiger partial charge in [0.15, 0.2) is 0 Å². The molecule has 0 aliphatic rings. The van der Waals surface area contributed by atoms with E-state index < -0.39 is 8.07 Å². The normalized spacial score (nSPS) is 12.0. The van der Waals surface area contributed by atoms with E-state index in [0.29, 0.717) is 11.8 Å². The Labute approximate surface area is 147 Å². The number of ether oxygens (including phenoxy) is 1. The molecule has 0 unspecified atom stereocenters. The molecule has 0 fully saturated rings. The van der Waals surface area contributed by atoms with E-state index in [2.05, 4.69) is 34.6 Å². The Balaban J connectivity index is 1.80. The Morgan fingerprint density at radius 2 is 2.04 bits per heavy atom. The molecular weight excluding hydrogens is 340 g/mol. The lowest BCUT2D eigenvalue weighted by atomic mass is 10.2. The molecule has 0 saturated carbocycles. The topological polar surface area (TPSA) is 52.8 Å². The van der Waals surface area contributed by atoms with Crippen molar-refractivity contribution in [3.05, 3.63) is 42.1 Å². The second-order valence-corrected chi connectivity index (χ2v) is 13.0. The second kappa shape index (κ2) is 7.00. The molecule has 0 saturated heterocycles. The van der Waals surface area contributed by atoms with E-state index in [0.717, 1.165) is 34.9 Å². The van der Waals surface area contributed by atoms with Crippen LogP contribution in [0.25, 0.3) is 22.3 Å². The molecule has 7 heteroatoms. The summed E-state index contributed by atoms with van der Waals surface area (Å²) in [4.78, 5) is 12.7. The van der Waals surface area contributed by atoms with Crippen LogP contribution in [0.3, 0.4) is 0 Å². The Kier molecular flexibility index (Phi) is 4.98. The highest BCUT2D eigenvalue weighted by Gasteiger charge is 2.14. The van der Waals surface area contributed by atoms with Crippen molar-refractivity contribution in [1.29, 1.82) is 0 Å². The Bertz CT molecular complexity index is 830. The van der Waals surface area contributed by atoms with Crippen LogP contribution in [-0.2, 0) is 11.5 Å². The van der Waals surface area contributed by atoms with Crippen LogP contribution in [0.2, 0.25) is 30.7 Å². The van der Waals surface area contributed by atoms with E-state index in [1.165, 1.54) is 6.33 Å². The summed E-state index contributed by atoms with van der Waals surface area (Å²) in [5.74, 6) is 0. The van der Waals surface area contributed by atoms with Crippen LogP contribution < -0.4 is 0 Å². The summed E-state index contributed by atoms with van der Waals surface area (Å²) in [6, 6.07) is 4.95. The van der Waals surface area contributed by atoms with Crippen molar-refractivity contribution < 1.29 is 4.74 Å². The average molecular weight is 361 g/mol. The molecule has 0 amide bonds. The number of rotatable bonds is 6. The first-order chi connectivity index (χ1) is 11.5. The first-order valence-electron chi connectivity index (χ1n) is 7.93. The monoisotopic (exact) mass is 360 g/mol. The van der Waals surface area contributed by atoms with Gasteiger partial charge in [-0.2, -0.15) is 0 Å². The van der Waals surface area contributed by atoms with Crippen molar-refractivity contribution in [2.75, 3.05) is 6.61 Å². The highest BCUT2D eigenvalue weighted by atomic mass is 35.5. The molecule has 5 nitrogen and oxygen atoms in total. The second-order valence-electron chi connectivity index (χ2n) is 6.95. The van der Waals surface area contributed by atoms with Gasteiger partial charge in [-0.25, -0.2) is 15.0 Å². The summed E-state index contributed by atoms with van der Waals surface area (Å²) in [6.07, 6.45) is 6.92. The van der Waals surface area contributed by atoms with Crippen molar-refractivity contribution in [1.82, 2.24) is 19.5 Å². The van der Waals surface area contributed by atoms with Gasteiger partial charge in [0.25, 0.3) is 0 Å². The number of aromatic nitrogens is 4. The minimum atomic E-state index is -1.07. The number of hydrogen-bond acceptors (Lipinski definition) is 4. The van der Waals surface area contributed by atoms with Gasteiger partial charge in [-0.15, -0.1) is 0 Å². The van der Waals surface area contributed by atoms with Crippen LogP contribution >= 0.6 is 11.6 Å². The lowest BCUT2D eigenvalue weighted by Gasteiger charge is -2.15. The number of halogens is 1. The molecule has 0 spiro atoms. The summed E-state index contributed by atoms with van der Waals surface area (Å²) < 4.78 is 7.79. The van der Waals surface area contributed by atoms with Crippen molar-refractivity contribution in [3.63, 3.8) is 0 Å². The fourth-order valence-corrected chi connectivity index (χ4v) is 3.43. The van der Waals surface area contributed by atoms with E-state index in [-0.39, 0.29) is 0 Å². The molecular formula is C17H21ClN4OSi. The SMILES string of the molecule is C[Si](C)(C)CCOCn1ccc2c(Cl)c(-c3ccncn3)cnc21. The van der Waals surface area contributed by atoms with E-state index in [9.17, 15) is 0 Å². The fourth-order valence-electron chi connectivity index (χ4n) is 2.38. The van der Waals surface area contributed by atoms with E-state index >= 15 is 0 Å². The Hall–Kier alpha value is -1.76. The first kappa shape index (κ1) is 17.1. The van der Waals surface area contributed by atoms with Crippen molar-refractivity contribution >= 4 is 30.7 Å². The molecule has 0 aliphatic heterocycles. The molecule has 0 atom stereocenters. The third kappa shape index (κ3) is 3.83. The summed E-state index contributed by atoms with van der Waals surface area (Å²) in [5, 5.41) is 1.56. The van der Waals surface area contributed by atoms with Gasteiger partial charge in [-0.3, -0.25) is 0 Å². The quantitative estimate of drug-likeness (QED) is 0.481. The molecule has 0 radical (unpaired) electrons.